The third-order valence-electron chi connectivity index (χ3n) is 4.15. The Labute approximate surface area is 156 Å². The zero-order valence-electron chi connectivity index (χ0n) is 15.7. The molecule has 1 aromatic carbocycles. The van der Waals surface area contributed by atoms with Gasteiger partial charge in [-0.25, -0.2) is 4.79 Å². The van der Waals surface area contributed by atoms with Crippen molar-refractivity contribution in [1.82, 2.24) is 9.80 Å². The summed E-state index contributed by atoms with van der Waals surface area (Å²) >= 11 is 1.94. The maximum Gasteiger partial charge on any atom is 0.322 e. The van der Waals surface area contributed by atoms with E-state index in [2.05, 4.69) is 31.2 Å². The molecule has 5 nitrogen and oxygen atoms in total. The minimum absolute atomic E-state index is 0.00555. The summed E-state index contributed by atoms with van der Waals surface area (Å²) in [6.45, 7) is 4.59. The van der Waals surface area contributed by atoms with Gasteiger partial charge < -0.3 is 19.9 Å². The van der Waals surface area contributed by atoms with Crippen LogP contribution in [0, 0.1) is 0 Å². The summed E-state index contributed by atoms with van der Waals surface area (Å²) in [4.78, 5) is 16.9. The van der Waals surface area contributed by atoms with Crippen LogP contribution in [0.4, 0.5) is 10.5 Å². The highest BCUT2D eigenvalue weighted by atomic mass is 32.2. The molecule has 1 N–H and O–H groups in total. The van der Waals surface area contributed by atoms with Crippen molar-refractivity contribution in [3.05, 3.63) is 24.3 Å². The quantitative estimate of drug-likeness (QED) is 0.747. The first-order valence-corrected chi connectivity index (χ1v) is 10.3. The molecule has 0 aliphatic carbocycles. The van der Waals surface area contributed by atoms with Gasteiger partial charge in [-0.3, -0.25) is 0 Å². The van der Waals surface area contributed by atoms with Gasteiger partial charge in [-0.2, -0.15) is 11.8 Å². The Hall–Kier alpha value is -1.40. The van der Waals surface area contributed by atoms with Gasteiger partial charge >= 0.3 is 6.03 Å². The number of anilines is 1. The third-order valence-corrected chi connectivity index (χ3v) is 5.35. The zero-order chi connectivity index (χ0) is 18.1. The van der Waals surface area contributed by atoms with Gasteiger partial charge in [-0.05, 0) is 57.0 Å². The lowest BCUT2D eigenvalue weighted by molar-refractivity contribution is 0.180. The Morgan fingerprint density at radius 1 is 1.36 bits per heavy atom. The Bertz CT molecular complexity index is 522. The highest BCUT2D eigenvalue weighted by molar-refractivity contribution is 7.99. The molecule has 1 atom stereocenters. The van der Waals surface area contributed by atoms with Crippen molar-refractivity contribution >= 4 is 23.5 Å². The summed E-state index contributed by atoms with van der Waals surface area (Å²) in [5.74, 6) is 2.97. The number of unbranched alkanes of at least 4 members (excludes halogenated alkanes) is 1. The molecule has 1 saturated heterocycles. The molecule has 1 aliphatic rings. The molecule has 2 amide bonds. The fourth-order valence-electron chi connectivity index (χ4n) is 2.83. The predicted molar refractivity (Wildman–Crippen MR) is 107 cm³/mol. The molecule has 0 bridgehead atoms. The first-order valence-electron chi connectivity index (χ1n) is 9.13. The maximum absolute atomic E-state index is 12.8. The van der Waals surface area contributed by atoms with Gasteiger partial charge in [-0.15, -0.1) is 0 Å². The van der Waals surface area contributed by atoms with Crippen LogP contribution < -0.4 is 10.1 Å². The molecular weight excluding hydrogens is 334 g/mol. The van der Waals surface area contributed by atoms with Gasteiger partial charge in [0.2, 0.25) is 0 Å². The average molecular weight is 366 g/mol. The number of hydrogen-bond acceptors (Lipinski definition) is 4. The molecule has 1 aliphatic heterocycles. The molecular formula is C19H31N3O2S. The fourth-order valence-corrected chi connectivity index (χ4v) is 3.89. The summed E-state index contributed by atoms with van der Waals surface area (Å²) in [5, 5.41) is 3.04. The lowest BCUT2D eigenvalue weighted by atomic mass is 10.2. The van der Waals surface area contributed by atoms with Crippen LogP contribution in [0.3, 0.4) is 0 Å². The Kier molecular flexibility index (Phi) is 8.41. The molecule has 0 aromatic heterocycles. The van der Waals surface area contributed by atoms with Crippen LogP contribution in [0.25, 0.3) is 0 Å². The zero-order valence-corrected chi connectivity index (χ0v) is 16.5. The lowest BCUT2D eigenvalue weighted by Gasteiger charge is -2.31. The second-order valence-electron chi connectivity index (χ2n) is 6.69. The van der Waals surface area contributed by atoms with Crippen molar-refractivity contribution in [3.63, 3.8) is 0 Å². The van der Waals surface area contributed by atoms with E-state index in [-0.39, 0.29) is 12.1 Å². The van der Waals surface area contributed by atoms with Crippen LogP contribution in [0.15, 0.2) is 24.3 Å². The van der Waals surface area contributed by atoms with E-state index >= 15 is 0 Å². The van der Waals surface area contributed by atoms with E-state index in [0.717, 1.165) is 61.9 Å². The van der Waals surface area contributed by atoms with E-state index in [0.29, 0.717) is 0 Å². The number of amides is 2. The molecule has 6 heteroatoms. The molecule has 0 saturated carbocycles. The van der Waals surface area contributed by atoms with Crippen LogP contribution in [-0.2, 0) is 0 Å². The van der Waals surface area contributed by atoms with E-state index in [1.165, 1.54) is 0 Å². The lowest BCUT2D eigenvalue weighted by Crippen LogP contribution is -2.48. The average Bonchev–Trinajstić information content (AvgIpc) is 2.81. The number of carbonyl (C=O) groups is 1. The minimum atomic E-state index is -0.00555. The van der Waals surface area contributed by atoms with E-state index in [1.807, 2.05) is 40.9 Å². The number of urea groups is 1. The predicted octanol–water partition coefficient (Wildman–Crippen LogP) is 3.77. The van der Waals surface area contributed by atoms with Crippen LogP contribution in [0.1, 0.15) is 26.2 Å². The maximum atomic E-state index is 12.8. The fraction of sp³-hybridized carbons (Fsp3) is 0.632. The second-order valence-corrected chi connectivity index (χ2v) is 7.84. The minimum Gasteiger partial charge on any atom is -0.494 e. The van der Waals surface area contributed by atoms with Gasteiger partial charge in [0.15, 0.2) is 0 Å². The van der Waals surface area contributed by atoms with Gasteiger partial charge in [-0.1, -0.05) is 13.3 Å². The summed E-state index contributed by atoms with van der Waals surface area (Å²) < 4.78 is 5.67. The highest BCUT2D eigenvalue weighted by Crippen LogP contribution is 2.20. The summed E-state index contributed by atoms with van der Waals surface area (Å²) in [6, 6.07) is 7.90. The molecule has 140 valence electrons. The smallest absolute Gasteiger partial charge is 0.322 e. The van der Waals surface area contributed by atoms with Crippen LogP contribution in [-0.4, -0.2) is 67.2 Å². The van der Waals surface area contributed by atoms with Crippen molar-refractivity contribution in [2.75, 3.05) is 50.6 Å². The van der Waals surface area contributed by atoms with Crippen molar-refractivity contribution in [2.45, 2.75) is 32.2 Å². The SMILES string of the molecule is CCCCOc1ccc(NC(=O)N2CCCSCC2CN(C)C)cc1. The standard InChI is InChI=1S/C19H31N3O2S/c1-4-5-12-24-18-9-7-16(8-10-18)20-19(23)22-11-6-13-25-15-17(22)14-21(2)3/h7-10,17H,4-6,11-15H2,1-3H3,(H,20,23). The van der Waals surface area contributed by atoms with E-state index in [4.69, 9.17) is 4.74 Å². The number of likely N-dealkylation sites (N-methyl/N-ethyl adjacent to an activating group) is 1. The van der Waals surface area contributed by atoms with Crippen LogP contribution in [0.5, 0.6) is 5.75 Å². The Morgan fingerprint density at radius 3 is 2.80 bits per heavy atom. The molecule has 1 unspecified atom stereocenters. The van der Waals surface area contributed by atoms with Gasteiger partial charge in [0, 0.05) is 24.5 Å². The number of ether oxygens (including phenoxy) is 1. The van der Waals surface area contributed by atoms with Crippen LogP contribution in [0.2, 0.25) is 0 Å². The molecule has 25 heavy (non-hydrogen) atoms. The second kappa shape index (κ2) is 10.6. The molecule has 1 aromatic rings. The monoisotopic (exact) mass is 365 g/mol. The van der Waals surface area contributed by atoms with Gasteiger partial charge in [0.25, 0.3) is 0 Å². The first kappa shape index (κ1) is 19.9. The summed E-state index contributed by atoms with van der Waals surface area (Å²) in [7, 11) is 4.12. The largest absolute Gasteiger partial charge is 0.494 e. The topological polar surface area (TPSA) is 44.8 Å². The molecule has 1 heterocycles. The number of nitrogens with zero attached hydrogens (tertiary/aromatic N) is 2. The van der Waals surface area contributed by atoms with Crippen molar-refractivity contribution in [2.24, 2.45) is 0 Å². The van der Waals surface area contributed by atoms with E-state index in [9.17, 15) is 4.79 Å². The molecule has 1 fully saturated rings. The molecule has 2 rings (SSSR count). The molecule has 0 radical (unpaired) electrons. The normalized spacial score (nSPS) is 18.1. The van der Waals surface area contributed by atoms with Crippen LogP contribution >= 0.6 is 11.8 Å². The Balaban J connectivity index is 1.94. The third kappa shape index (κ3) is 6.78. The number of carbonyl (C=O) groups excluding carboxylic acids is 1. The summed E-state index contributed by atoms with van der Waals surface area (Å²) in [5.41, 5.74) is 0.813. The highest BCUT2D eigenvalue weighted by Gasteiger charge is 2.26. The number of rotatable bonds is 7. The number of nitrogens with one attached hydrogen (secondary N) is 1. The number of benzene rings is 1. The first-order chi connectivity index (χ1) is 12.1. The van der Waals surface area contributed by atoms with Gasteiger partial charge in [0.05, 0.1) is 12.6 Å². The van der Waals surface area contributed by atoms with E-state index in [1.54, 1.807) is 0 Å². The summed E-state index contributed by atoms with van der Waals surface area (Å²) in [6.07, 6.45) is 3.22. The van der Waals surface area contributed by atoms with E-state index < -0.39 is 0 Å². The van der Waals surface area contributed by atoms with Gasteiger partial charge in [0.1, 0.15) is 5.75 Å². The van der Waals surface area contributed by atoms with Crippen molar-refractivity contribution in [1.29, 1.82) is 0 Å². The van der Waals surface area contributed by atoms with Crippen molar-refractivity contribution in [3.8, 4) is 5.75 Å². The van der Waals surface area contributed by atoms with Crippen molar-refractivity contribution < 1.29 is 9.53 Å². The molecule has 0 spiro atoms. The number of thioether (sulfide) groups is 1. The number of hydrogen-bond donors (Lipinski definition) is 1. The Morgan fingerprint density at radius 2 is 2.12 bits per heavy atom.